The van der Waals surface area contributed by atoms with Crippen LogP contribution in [0.2, 0.25) is 0 Å². The molecule has 0 amide bonds. The van der Waals surface area contributed by atoms with Crippen LogP contribution in [0.4, 0.5) is 11.6 Å². The molecule has 1 aliphatic rings. The fourth-order valence-electron chi connectivity index (χ4n) is 4.01. The number of carbonyl (C=O) groups excluding carboxylic acids is 1. The SMILES string of the molecule is Cc1cc(C(=O)Cc2cccc(C(C)C)c2)cc(N2CCc3nc(N)ncc3C2)c1. The number of hydrogen-bond acceptors (Lipinski definition) is 5. The van der Waals surface area contributed by atoms with Gasteiger partial charge in [-0.3, -0.25) is 4.79 Å². The van der Waals surface area contributed by atoms with Gasteiger partial charge < -0.3 is 10.6 Å². The number of carbonyl (C=O) groups is 1. The molecule has 154 valence electrons. The Morgan fingerprint density at radius 1 is 1.20 bits per heavy atom. The molecule has 0 atom stereocenters. The summed E-state index contributed by atoms with van der Waals surface area (Å²) in [6.45, 7) is 7.95. The normalized spacial score (nSPS) is 13.4. The summed E-state index contributed by atoms with van der Waals surface area (Å²) in [5.74, 6) is 0.925. The second kappa shape index (κ2) is 8.27. The molecule has 0 spiro atoms. The third kappa shape index (κ3) is 4.35. The number of fused-ring (bicyclic) bond motifs is 1. The molecule has 0 bridgehead atoms. The van der Waals surface area contributed by atoms with E-state index in [9.17, 15) is 4.79 Å². The van der Waals surface area contributed by atoms with E-state index in [1.54, 1.807) is 0 Å². The Kier molecular flexibility index (Phi) is 5.53. The number of benzene rings is 2. The average Bonchev–Trinajstić information content (AvgIpc) is 2.73. The number of aromatic nitrogens is 2. The maximum atomic E-state index is 13.1. The van der Waals surface area contributed by atoms with E-state index >= 15 is 0 Å². The van der Waals surface area contributed by atoms with Crippen LogP contribution in [0.3, 0.4) is 0 Å². The minimum atomic E-state index is 0.148. The molecule has 2 aromatic carbocycles. The average molecular weight is 401 g/mol. The van der Waals surface area contributed by atoms with Crippen molar-refractivity contribution in [2.45, 2.75) is 46.1 Å². The molecule has 0 saturated carbocycles. The van der Waals surface area contributed by atoms with Crippen molar-refractivity contribution in [1.29, 1.82) is 0 Å². The van der Waals surface area contributed by atoms with Crippen LogP contribution in [-0.2, 0) is 19.4 Å². The standard InChI is InChI=1S/C25H28N4O/c1-16(2)19-6-4-5-18(11-19)12-24(30)20-9-17(3)10-22(13-20)29-8-7-23-21(15-29)14-27-25(26)28-23/h4-6,9-11,13-14,16H,7-8,12,15H2,1-3H3,(H2,26,27,28). The molecular weight excluding hydrogens is 372 g/mol. The van der Waals surface area contributed by atoms with Crippen LogP contribution in [0.5, 0.6) is 0 Å². The molecule has 4 rings (SSSR count). The zero-order chi connectivity index (χ0) is 21.3. The van der Waals surface area contributed by atoms with E-state index in [1.807, 2.05) is 37.4 Å². The quantitative estimate of drug-likeness (QED) is 0.640. The summed E-state index contributed by atoms with van der Waals surface area (Å²) in [6, 6.07) is 14.5. The monoisotopic (exact) mass is 400 g/mol. The molecule has 0 fully saturated rings. The van der Waals surface area contributed by atoms with E-state index in [0.717, 1.165) is 53.1 Å². The van der Waals surface area contributed by atoms with E-state index in [0.29, 0.717) is 18.3 Å². The Bertz CT molecular complexity index is 1090. The van der Waals surface area contributed by atoms with Gasteiger partial charge in [-0.05, 0) is 47.7 Å². The lowest BCUT2D eigenvalue weighted by Gasteiger charge is -2.30. The molecule has 2 N–H and O–H groups in total. The summed E-state index contributed by atoms with van der Waals surface area (Å²) in [6.07, 6.45) is 3.05. The third-order valence-electron chi connectivity index (χ3n) is 5.68. The van der Waals surface area contributed by atoms with Crippen LogP contribution in [-0.4, -0.2) is 22.3 Å². The second-order valence-corrected chi connectivity index (χ2v) is 8.43. The van der Waals surface area contributed by atoms with Crippen molar-refractivity contribution in [2.24, 2.45) is 0 Å². The van der Waals surface area contributed by atoms with Crippen molar-refractivity contribution < 1.29 is 4.79 Å². The number of ketones is 1. The number of anilines is 2. The summed E-state index contributed by atoms with van der Waals surface area (Å²) in [4.78, 5) is 23.8. The first-order valence-corrected chi connectivity index (χ1v) is 10.5. The van der Waals surface area contributed by atoms with Gasteiger partial charge >= 0.3 is 0 Å². The van der Waals surface area contributed by atoms with Crippen molar-refractivity contribution in [1.82, 2.24) is 9.97 Å². The summed E-state index contributed by atoms with van der Waals surface area (Å²) < 4.78 is 0. The first kappa shape index (κ1) is 20.1. The van der Waals surface area contributed by atoms with Gasteiger partial charge in [0.1, 0.15) is 0 Å². The van der Waals surface area contributed by atoms with Gasteiger partial charge in [-0.15, -0.1) is 0 Å². The molecule has 2 heterocycles. The molecule has 0 saturated heterocycles. The van der Waals surface area contributed by atoms with E-state index < -0.39 is 0 Å². The van der Waals surface area contributed by atoms with E-state index in [2.05, 4.69) is 46.9 Å². The minimum absolute atomic E-state index is 0.148. The first-order chi connectivity index (χ1) is 14.4. The summed E-state index contributed by atoms with van der Waals surface area (Å²) in [5, 5.41) is 0. The predicted molar refractivity (Wildman–Crippen MR) is 121 cm³/mol. The molecule has 1 aromatic heterocycles. The number of nitrogens with zero attached hydrogens (tertiary/aromatic N) is 3. The van der Waals surface area contributed by atoms with Crippen molar-refractivity contribution >= 4 is 17.4 Å². The second-order valence-electron chi connectivity index (χ2n) is 8.43. The van der Waals surface area contributed by atoms with Gasteiger partial charge in [0, 0.05) is 48.9 Å². The van der Waals surface area contributed by atoms with Crippen LogP contribution in [0.25, 0.3) is 0 Å². The van der Waals surface area contributed by atoms with E-state index in [-0.39, 0.29) is 5.78 Å². The maximum Gasteiger partial charge on any atom is 0.220 e. The van der Waals surface area contributed by atoms with Gasteiger partial charge in [0.2, 0.25) is 5.95 Å². The number of nitrogens with two attached hydrogens (primary N) is 1. The van der Waals surface area contributed by atoms with Crippen LogP contribution < -0.4 is 10.6 Å². The van der Waals surface area contributed by atoms with Gasteiger partial charge in [0.15, 0.2) is 5.78 Å². The highest BCUT2D eigenvalue weighted by molar-refractivity contribution is 5.98. The molecule has 0 radical (unpaired) electrons. The van der Waals surface area contributed by atoms with Crippen LogP contribution >= 0.6 is 0 Å². The lowest BCUT2D eigenvalue weighted by atomic mass is 9.96. The van der Waals surface area contributed by atoms with Crippen molar-refractivity contribution in [2.75, 3.05) is 17.2 Å². The van der Waals surface area contributed by atoms with E-state index in [4.69, 9.17) is 5.73 Å². The number of Topliss-reactive ketones (excluding diaryl/α,β-unsaturated/α-hetero) is 1. The van der Waals surface area contributed by atoms with Gasteiger partial charge in [0.05, 0.1) is 5.69 Å². The molecule has 3 aromatic rings. The van der Waals surface area contributed by atoms with Gasteiger partial charge in [0.25, 0.3) is 0 Å². The number of aryl methyl sites for hydroxylation is 1. The molecule has 5 heteroatoms. The molecule has 5 nitrogen and oxygen atoms in total. The topological polar surface area (TPSA) is 72.1 Å². The molecule has 0 aliphatic carbocycles. The lowest BCUT2D eigenvalue weighted by molar-refractivity contribution is 0.0993. The fourth-order valence-corrected chi connectivity index (χ4v) is 4.01. The highest BCUT2D eigenvalue weighted by Gasteiger charge is 2.20. The largest absolute Gasteiger partial charge is 0.368 e. The molecule has 30 heavy (non-hydrogen) atoms. The predicted octanol–water partition coefficient (Wildman–Crippen LogP) is 4.48. The molecule has 0 unspecified atom stereocenters. The number of nitrogen functional groups attached to an aromatic ring is 1. The van der Waals surface area contributed by atoms with Gasteiger partial charge in [-0.1, -0.05) is 38.1 Å². The van der Waals surface area contributed by atoms with Crippen molar-refractivity contribution in [3.05, 3.63) is 82.2 Å². The third-order valence-corrected chi connectivity index (χ3v) is 5.68. The lowest BCUT2D eigenvalue weighted by Crippen LogP contribution is -2.31. The van der Waals surface area contributed by atoms with Gasteiger partial charge in [-0.2, -0.15) is 0 Å². The smallest absolute Gasteiger partial charge is 0.220 e. The number of rotatable bonds is 5. The molecular formula is C25H28N4O. The van der Waals surface area contributed by atoms with Crippen LogP contribution in [0.1, 0.15) is 58.1 Å². The summed E-state index contributed by atoms with van der Waals surface area (Å²) >= 11 is 0. The summed E-state index contributed by atoms with van der Waals surface area (Å²) in [5.41, 5.74) is 13.1. The highest BCUT2D eigenvalue weighted by Crippen LogP contribution is 2.26. The Labute approximate surface area is 178 Å². The summed E-state index contributed by atoms with van der Waals surface area (Å²) in [7, 11) is 0. The van der Waals surface area contributed by atoms with Crippen molar-refractivity contribution in [3.8, 4) is 0 Å². The Hall–Kier alpha value is -3.21. The Morgan fingerprint density at radius 2 is 2.03 bits per heavy atom. The van der Waals surface area contributed by atoms with Crippen LogP contribution in [0, 0.1) is 6.92 Å². The van der Waals surface area contributed by atoms with Gasteiger partial charge in [-0.25, -0.2) is 9.97 Å². The maximum absolute atomic E-state index is 13.1. The van der Waals surface area contributed by atoms with Crippen molar-refractivity contribution in [3.63, 3.8) is 0 Å². The minimum Gasteiger partial charge on any atom is -0.368 e. The van der Waals surface area contributed by atoms with Crippen LogP contribution in [0.15, 0.2) is 48.7 Å². The Morgan fingerprint density at radius 3 is 2.83 bits per heavy atom. The Balaban J connectivity index is 1.55. The number of hydrogen-bond donors (Lipinski definition) is 1. The molecule has 1 aliphatic heterocycles. The fraction of sp³-hybridized carbons (Fsp3) is 0.320. The zero-order valence-electron chi connectivity index (χ0n) is 17.9. The zero-order valence-corrected chi connectivity index (χ0v) is 17.9. The first-order valence-electron chi connectivity index (χ1n) is 10.5. The highest BCUT2D eigenvalue weighted by atomic mass is 16.1. The van der Waals surface area contributed by atoms with E-state index in [1.165, 1.54) is 5.56 Å².